The molecule has 2 rings (SSSR count). The molecule has 1 heterocycles. The molecule has 1 fully saturated rings. The molecular weight excluding hydrogens is 353 g/mol. The number of thioether (sulfide) groups is 1. The van der Waals surface area contributed by atoms with Crippen molar-refractivity contribution in [3.8, 4) is 0 Å². The standard InChI is InChI=1S/C13H15Cl2NO3S2/c1-8(20-12-6-9(14)2-3-11(12)15)13(17)16-10-4-5-21(18,19)7-10/h2-3,6,8,10H,4-5,7H2,1H3,(H,16,17)/t8-,10+/m1/s1. The number of hydrogen-bond acceptors (Lipinski definition) is 4. The SMILES string of the molecule is C[C@@H](Sc1cc(Cl)ccc1Cl)C(=O)N[C@H]1CCS(=O)(=O)C1. The second-order valence-electron chi connectivity index (χ2n) is 4.94. The number of carbonyl (C=O) groups excluding carboxylic acids is 1. The van der Waals surface area contributed by atoms with Gasteiger partial charge in [0.2, 0.25) is 5.91 Å². The van der Waals surface area contributed by atoms with Crippen molar-refractivity contribution in [1.29, 1.82) is 0 Å². The van der Waals surface area contributed by atoms with Crippen LogP contribution in [0.5, 0.6) is 0 Å². The lowest BCUT2D eigenvalue weighted by atomic mass is 10.2. The molecule has 0 unspecified atom stereocenters. The van der Waals surface area contributed by atoms with Gasteiger partial charge in [-0.25, -0.2) is 8.42 Å². The third-order valence-corrected chi connectivity index (χ3v) is 6.75. The van der Waals surface area contributed by atoms with Gasteiger partial charge >= 0.3 is 0 Å². The summed E-state index contributed by atoms with van der Waals surface area (Å²) in [6.07, 6.45) is 0.476. The van der Waals surface area contributed by atoms with Gasteiger partial charge in [-0.3, -0.25) is 4.79 Å². The third-order valence-electron chi connectivity index (χ3n) is 3.15. The van der Waals surface area contributed by atoms with Crippen molar-refractivity contribution in [2.45, 2.75) is 29.5 Å². The summed E-state index contributed by atoms with van der Waals surface area (Å²) in [5.74, 6) is -0.0358. The zero-order valence-corrected chi connectivity index (χ0v) is 14.5. The molecule has 1 amide bonds. The number of carbonyl (C=O) groups is 1. The van der Waals surface area contributed by atoms with Crippen molar-refractivity contribution >= 4 is 50.7 Å². The van der Waals surface area contributed by atoms with E-state index in [0.29, 0.717) is 16.5 Å². The molecule has 21 heavy (non-hydrogen) atoms. The van der Waals surface area contributed by atoms with Gasteiger partial charge in [0.25, 0.3) is 0 Å². The van der Waals surface area contributed by atoms with Gasteiger partial charge in [0.15, 0.2) is 9.84 Å². The Morgan fingerprint density at radius 1 is 1.43 bits per heavy atom. The minimum absolute atomic E-state index is 0.0219. The Morgan fingerprint density at radius 3 is 2.76 bits per heavy atom. The Hall–Kier alpha value is -0.430. The zero-order valence-electron chi connectivity index (χ0n) is 11.3. The molecule has 0 aromatic heterocycles. The molecule has 1 aliphatic rings. The molecule has 4 nitrogen and oxygen atoms in total. The molecule has 0 spiro atoms. The van der Waals surface area contributed by atoms with E-state index in [9.17, 15) is 13.2 Å². The predicted octanol–water partition coefficient (Wildman–Crippen LogP) is 2.78. The Balaban J connectivity index is 1.95. The zero-order chi connectivity index (χ0) is 15.6. The van der Waals surface area contributed by atoms with E-state index in [1.165, 1.54) is 11.8 Å². The van der Waals surface area contributed by atoms with Gasteiger partial charge < -0.3 is 5.32 Å². The Kier molecular flexibility index (Phi) is 5.46. The lowest BCUT2D eigenvalue weighted by Gasteiger charge is -2.16. The van der Waals surface area contributed by atoms with Crippen molar-refractivity contribution in [3.63, 3.8) is 0 Å². The van der Waals surface area contributed by atoms with Gasteiger partial charge in [-0.15, -0.1) is 11.8 Å². The highest BCUT2D eigenvalue weighted by atomic mass is 35.5. The maximum atomic E-state index is 12.1. The summed E-state index contributed by atoms with van der Waals surface area (Å²) in [5.41, 5.74) is 0. The van der Waals surface area contributed by atoms with Crippen molar-refractivity contribution < 1.29 is 13.2 Å². The first-order valence-corrected chi connectivity index (χ1v) is 9.85. The number of hydrogen-bond donors (Lipinski definition) is 1. The number of sulfone groups is 1. The average molecular weight is 368 g/mol. The number of halogens is 2. The van der Waals surface area contributed by atoms with Gasteiger partial charge in [0.05, 0.1) is 21.8 Å². The number of rotatable bonds is 4. The quantitative estimate of drug-likeness (QED) is 0.831. The predicted molar refractivity (Wildman–Crippen MR) is 87.0 cm³/mol. The Labute approximate surface area is 138 Å². The first-order valence-electron chi connectivity index (χ1n) is 6.39. The largest absolute Gasteiger partial charge is 0.351 e. The summed E-state index contributed by atoms with van der Waals surface area (Å²) in [6.45, 7) is 1.75. The topological polar surface area (TPSA) is 63.2 Å². The summed E-state index contributed by atoms with van der Waals surface area (Å²) in [5, 5.41) is 3.48. The summed E-state index contributed by atoms with van der Waals surface area (Å²) in [6, 6.07) is 4.78. The van der Waals surface area contributed by atoms with E-state index >= 15 is 0 Å². The normalized spacial score (nSPS) is 22.0. The van der Waals surface area contributed by atoms with Crippen LogP contribution in [0.15, 0.2) is 23.1 Å². The molecule has 1 aromatic carbocycles. The van der Waals surface area contributed by atoms with E-state index in [0.717, 1.165) is 4.90 Å². The first kappa shape index (κ1) is 16.9. The Morgan fingerprint density at radius 2 is 2.14 bits per heavy atom. The van der Waals surface area contributed by atoms with E-state index in [1.807, 2.05) is 0 Å². The molecule has 0 aliphatic carbocycles. The van der Waals surface area contributed by atoms with Crippen LogP contribution in [0.1, 0.15) is 13.3 Å². The lowest BCUT2D eigenvalue weighted by molar-refractivity contribution is -0.120. The maximum absolute atomic E-state index is 12.1. The summed E-state index contributed by atoms with van der Waals surface area (Å²) in [4.78, 5) is 12.8. The van der Waals surface area contributed by atoms with Crippen LogP contribution in [-0.4, -0.2) is 37.1 Å². The fraction of sp³-hybridized carbons (Fsp3) is 0.462. The monoisotopic (exact) mass is 367 g/mol. The van der Waals surface area contributed by atoms with Crippen LogP contribution < -0.4 is 5.32 Å². The molecular formula is C13H15Cl2NO3S2. The van der Waals surface area contributed by atoms with Gasteiger partial charge in [-0.2, -0.15) is 0 Å². The van der Waals surface area contributed by atoms with Crippen molar-refractivity contribution in [2.24, 2.45) is 0 Å². The third kappa shape index (κ3) is 4.77. The van der Waals surface area contributed by atoms with Gasteiger partial charge in [-0.1, -0.05) is 23.2 Å². The van der Waals surface area contributed by atoms with Crippen LogP contribution in [0.4, 0.5) is 0 Å². The van der Waals surface area contributed by atoms with E-state index < -0.39 is 9.84 Å². The van der Waals surface area contributed by atoms with E-state index in [2.05, 4.69) is 5.32 Å². The average Bonchev–Trinajstić information content (AvgIpc) is 2.73. The summed E-state index contributed by atoms with van der Waals surface area (Å²) < 4.78 is 22.8. The first-order chi connectivity index (χ1) is 9.77. The fourth-order valence-electron chi connectivity index (χ4n) is 2.04. The fourth-order valence-corrected chi connectivity index (χ4v) is 5.13. The molecule has 0 radical (unpaired) electrons. The van der Waals surface area contributed by atoms with Crippen molar-refractivity contribution in [2.75, 3.05) is 11.5 Å². The van der Waals surface area contributed by atoms with E-state index in [4.69, 9.17) is 23.2 Å². The van der Waals surface area contributed by atoms with Gasteiger partial charge in [0, 0.05) is 16.0 Å². The Bertz CT molecular complexity index is 649. The van der Waals surface area contributed by atoms with Crippen LogP contribution in [-0.2, 0) is 14.6 Å². The van der Waals surface area contributed by atoms with E-state index in [-0.39, 0.29) is 28.7 Å². The molecule has 0 bridgehead atoms. The highest BCUT2D eigenvalue weighted by molar-refractivity contribution is 8.00. The highest BCUT2D eigenvalue weighted by Crippen LogP contribution is 2.32. The van der Waals surface area contributed by atoms with Crippen LogP contribution in [0.25, 0.3) is 0 Å². The van der Waals surface area contributed by atoms with Crippen LogP contribution in [0, 0.1) is 0 Å². The summed E-state index contributed by atoms with van der Waals surface area (Å²) >= 11 is 13.3. The molecule has 2 atom stereocenters. The minimum Gasteiger partial charge on any atom is -0.351 e. The molecule has 0 saturated carbocycles. The van der Waals surface area contributed by atoms with Crippen LogP contribution >= 0.6 is 35.0 Å². The van der Waals surface area contributed by atoms with Crippen LogP contribution in [0.2, 0.25) is 10.0 Å². The molecule has 116 valence electrons. The second kappa shape index (κ2) is 6.77. The van der Waals surface area contributed by atoms with Gasteiger partial charge in [0.1, 0.15) is 0 Å². The maximum Gasteiger partial charge on any atom is 0.233 e. The molecule has 8 heteroatoms. The molecule has 1 saturated heterocycles. The highest BCUT2D eigenvalue weighted by Gasteiger charge is 2.30. The molecule has 1 N–H and O–H groups in total. The number of benzene rings is 1. The number of nitrogens with one attached hydrogen (secondary N) is 1. The summed E-state index contributed by atoms with van der Waals surface area (Å²) in [7, 11) is -3.00. The molecule has 1 aliphatic heterocycles. The van der Waals surface area contributed by atoms with Crippen molar-refractivity contribution in [3.05, 3.63) is 28.2 Å². The van der Waals surface area contributed by atoms with Gasteiger partial charge in [-0.05, 0) is 31.5 Å². The lowest BCUT2D eigenvalue weighted by Crippen LogP contribution is -2.39. The second-order valence-corrected chi connectivity index (χ2v) is 9.40. The minimum atomic E-state index is -3.00. The van der Waals surface area contributed by atoms with E-state index in [1.54, 1.807) is 25.1 Å². The number of amides is 1. The smallest absolute Gasteiger partial charge is 0.233 e. The van der Waals surface area contributed by atoms with Crippen molar-refractivity contribution in [1.82, 2.24) is 5.32 Å². The van der Waals surface area contributed by atoms with Crippen LogP contribution in [0.3, 0.4) is 0 Å². The molecule has 1 aromatic rings.